The van der Waals surface area contributed by atoms with Crippen molar-refractivity contribution in [3.05, 3.63) is 47.8 Å². The zero-order valence-corrected chi connectivity index (χ0v) is 17.7. The molecule has 2 aromatic rings. The molecule has 2 heterocycles. The number of hydrogen-bond acceptors (Lipinski definition) is 6. The molecule has 1 aliphatic heterocycles. The van der Waals surface area contributed by atoms with E-state index in [9.17, 15) is 8.42 Å². The van der Waals surface area contributed by atoms with Crippen molar-refractivity contribution in [3.8, 4) is 11.4 Å². The second kappa shape index (κ2) is 9.13. The molecule has 7 nitrogen and oxygen atoms in total. The summed E-state index contributed by atoms with van der Waals surface area (Å²) in [5.41, 5.74) is 0.973. The van der Waals surface area contributed by atoms with Gasteiger partial charge in [-0.2, -0.15) is 5.10 Å². The highest BCUT2D eigenvalue weighted by Gasteiger charge is 2.32. The van der Waals surface area contributed by atoms with Gasteiger partial charge in [0.05, 0.1) is 24.8 Å². The Morgan fingerprint density at radius 2 is 2.14 bits per heavy atom. The minimum atomic E-state index is -2.98. The van der Waals surface area contributed by atoms with E-state index in [1.165, 1.54) is 0 Å². The molecule has 0 amide bonds. The lowest BCUT2D eigenvalue weighted by Crippen LogP contribution is -2.40. The van der Waals surface area contributed by atoms with Crippen LogP contribution in [0, 0.1) is 4.77 Å². The molecule has 0 spiro atoms. The summed E-state index contributed by atoms with van der Waals surface area (Å²) in [6, 6.07) is 9.82. The number of sulfone groups is 1. The maximum absolute atomic E-state index is 12.0. The zero-order chi connectivity index (χ0) is 20.1. The van der Waals surface area contributed by atoms with Gasteiger partial charge in [-0.05, 0) is 18.6 Å². The molecule has 9 heteroatoms. The largest absolute Gasteiger partial charge is 0.383 e. The van der Waals surface area contributed by atoms with Crippen molar-refractivity contribution in [1.29, 1.82) is 0 Å². The van der Waals surface area contributed by atoms with Gasteiger partial charge in [0, 0.05) is 31.8 Å². The number of benzene rings is 1. The third-order valence-electron chi connectivity index (χ3n) is 4.89. The lowest BCUT2D eigenvalue weighted by Gasteiger charge is -2.27. The smallest absolute Gasteiger partial charge is 0.199 e. The average molecular weight is 423 g/mol. The van der Waals surface area contributed by atoms with Crippen LogP contribution in [-0.4, -0.2) is 65.5 Å². The van der Waals surface area contributed by atoms with E-state index in [1.54, 1.807) is 17.9 Å². The van der Waals surface area contributed by atoms with E-state index in [2.05, 4.69) is 11.5 Å². The number of ether oxygens (including phenoxy) is 1. The lowest BCUT2D eigenvalue weighted by molar-refractivity contribution is 0.0980. The predicted octanol–water partition coefficient (Wildman–Crippen LogP) is 2.36. The van der Waals surface area contributed by atoms with Crippen LogP contribution in [0.15, 0.2) is 43.0 Å². The fraction of sp³-hybridized carbons (Fsp3) is 0.474. The molecule has 0 N–H and O–H groups in total. The van der Waals surface area contributed by atoms with Crippen LogP contribution in [0.4, 0.5) is 0 Å². The van der Waals surface area contributed by atoms with Crippen molar-refractivity contribution >= 4 is 22.1 Å². The van der Waals surface area contributed by atoms with Gasteiger partial charge in [-0.3, -0.25) is 9.47 Å². The number of allylic oxidation sites excluding steroid dienone is 1. The Morgan fingerprint density at radius 1 is 1.39 bits per heavy atom. The number of aromatic nitrogens is 3. The molecular formula is C19H26N4O3S2. The first-order chi connectivity index (χ1) is 13.4. The van der Waals surface area contributed by atoms with E-state index in [-0.39, 0.29) is 17.5 Å². The third-order valence-corrected chi connectivity index (χ3v) is 7.07. The molecule has 0 radical (unpaired) electrons. The number of hydrogen-bond donors (Lipinski definition) is 0. The average Bonchev–Trinajstić information content (AvgIpc) is 3.20. The first-order valence-corrected chi connectivity index (χ1v) is 11.5. The van der Waals surface area contributed by atoms with E-state index in [4.69, 9.17) is 22.1 Å². The maximum Gasteiger partial charge on any atom is 0.199 e. The van der Waals surface area contributed by atoms with Crippen LogP contribution in [0.3, 0.4) is 0 Å². The molecule has 0 saturated carbocycles. The van der Waals surface area contributed by atoms with Crippen molar-refractivity contribution in [2.45, 2.75) is 25.7 Å². The molecule has 152 valence electrons. The highest BCUT2D eigenvalue weighted by atomic mass is 32.2. The quantitative estimate of drug-likeness (QED) is 0.456. The Morgan fingerprint density at radius 3 is 2.75 bits per heavy atom. The highest BCUT2D eigenvalue weighted by Crippen LogP contribution is 2.21. The number of nitrogens with zero attached hydrogens (tertiary/aromatic N) is 4. The van der Waals surface area contributed by atoms with Gasteiger partial charge in [-0.15, -0.1) is 6.58 Å². The predicted molar refractivity (Wildman–Crippen MR) is 112 cm³/mol. The molecule has 1 aromatic carbocycles. The fourth-order valence-electron chi connectivity index (χ4n) is 3.44. The molecular weight excluding hydrogens is 396 g/mol. The highest BCUT2D eigenvalue weighted by molar-refractivity contribution is 7.91. The second-order valence-corrected chi connectivity index (χ2v) is 9.47. The summed E-state index contributed by atoms with van der Waals surface area (Å²) in [5, 5.41) is 4.75. The van der Waals surface area contributed by atoms with Gasteiger partial charge < -0.3 is 4.74 Å². The summed E-state index contributed by atoms with van der Waals surface area (Å²) in [5.74, 6) is 1.17. The maximum atomic E-state index is 12.0. The summed E-state index contributed by atoms with van der Waals surface area (Å²) >= 11 is 5.67. The minimum Gasteiger partial charge on any atom is -0.383 e. The summed E-state index contributed by atoms with van der Waals surface area (Å²) in [4.78, 5) is 2.10. The van der Waals surface area contributed by atoms with Crippen LogP contribution in [-0.2, 0) is 27.8 Å². The molecule has 0 unspecified atom stereocenters. The van der Waals surface area contributed by atoms with E-state index in [0.29, 0.717) is 37.6 Å². The normalized spacial score (nSPS) is 18.6. The Kier molecular flexibility index (Phi) is 6.82. The van der Waals surface area contributed by atoms with Crippen molar-refractivity contribution in [2.75, 3.05) is 31.8 Å². The molecule has 0 bridgehead atoms. The van der Waals surface area contributed by atoms with Gasteiger partial charge in [0.1, 0.15) is 0 Å². The van der Waals surface area contributed by atoms with Crippen LogP contribution in [0.5, 0.6) is 0 Å². The number of methoxy groups -OCH3 is 1. The van der Waals surface area contributed by atoms with Crippen molar-refractivity contribution in [2.24, 2.45) is 0 Å². The van der Waals surface area contributed by atoms with Gasteiger partial charge in [-0.1, -0.05) is 36.4 Å². The van der Waals surface area contributed by atoms with Crippen molar-refractivity contribution < 1.29 is 13.2 Å². The fourth-order valence-corrected chi connectivity index (χ4v) is 5.46. The lowest BCUT2D eigenvalue weighted by atomic mass is 10.2. The summed E-state index contributed by atoms with van der Waals surface area (Å²) in [6.45, 7) is 5.94. The topological polar surface area (TPSA) is 69.4 Å². The molecule has 3 rings (SSSR count). The van der Waals surface area contributed by atoms with Gasteiger partial charge in [0.15, 0.2) is 20.4 Å². The molecule has 1 aromatic heterocycles. The van der Waals surface area contributed by atoms with Crippen LogP contribution < -0.4 is 0 Å². The van der Waals surface area contributed by atoms with E-state index in [0.717, 1.165) is 11.4 Å². The van der Waals surface area contributed by atoms with Crippen LogP contribution in [0.2, 0.25) is 0 Å². The monoisotopic (exact) mass is 422 g/mol. The first-order valence-electron chi connectivity index (χ1n) is 9.22. The summed E-state index contributed by atoms with van der Waals surface area (Å²) in [6.07, 6.45) is 2.42. The van der Waals surface area contributed by atoms with Crippen LogP contribution >= 0.6 is 12.2 Å². The minimum absolute atomic E-state index is 0.0493. The van der Waals surface area contributed by atoms with Crippen molar-refractivity contribution in [1.82, 2.24) is 19.2 Å². The number of rotatable bonds is 9. The molecule has 1 saturated heterocycles. The standard InChI is InChI=1S/C19H26N4O3S2/c1-3-10-22-18(16-7-5-4-6-8-16)20-23(19(22)27)15-21(11-12-26-2)17-9-13-28(24,25)14-17/h3-8,17H,1,9-15H2,2H3/t17-/m0/s1. The van der Waals surface area contributed by atoms with Gasteiger partial charge in [-0.25, -0.2) is 13.1 Å². The van der Waals surface area contributed by atoms with E-state index in [1.807, 2.05) is 34.9 Å². The molecule has 1 atom stereocenters. The van der Waals surface area contributed by atoms with Gasteiger partial charge in [0.2, 0.25) is 0 Å². The summed E-state index contributed by atoms with van der Waals surface area (Å²) < 4.78 is 33.4. The molecule has 1 aliphatic rings. The zero-order valence-electron chi connectivity index (χ0n) is 16.0. The Hall–Kier alpha value is -1.81. The van der Waals surface area contributed by atoms with Crippen LogP contribution in [0.25, 0.3) is 11.4 Å². The Labute approximate surface area is 171 Å². The molecule has 28 heavy (non-hydrogen) atoms. The van der Waals surface area contributed by atoms with Gasteiger partial charge in [0.25, 0.3) is 0 Å². The Balaban J connectivity index is 1.92. The SMILES string of the molecule is C=CCn1c(-c2ccccc2)nn(CN(CCOC)[C@H]2CCS(=O)(=O)C2)c1=S. The third kappa shape index (κ3) is 4.78. The van der Waals surface area contributed by atoms with Gasteiger partial charge >= 0.3 is 0 Å². The molecule has 1 fully saturated rings. The Bertz CT molecular complexity index is 967. The second-order valence-electron chi connectivity index (χ2n) is 6.87. The molecule has 0 aliphatic carbocycles. The van der Waals surface area contributed by atoms with E-state index >= 15 is 0 Å². The van der Waals surface area contributed by atoms with Crippen LogP contribution in [0.1, 0.15) is 6.42 Å². The van der Waals surface area contributed by atoms with Crippen molar-refractivity contribution in [3.63, 3.8) is 0 Å². The summed E-state index contributed by atoms with van der Waals surface area (Å²) in [7, 11) is -1.34. The first kappa shape index (κ1) is 20.9. The van der Waals surface area contributed by atoms with E-state index < -0.39 is 9.84 Å².